The summed E-state index contributed by atoms with van der Waals surface area (Å²) < 4.78 is 0. The first-order valence-corrected chi connectivity index (χ1v) is 5.28. The first kappa shape index (κ1) is 11.0. The van der Waals surface area contributed by atoms with Crippen LogP contribution in [0.1, 0.15) is 23.5 Å². The first-order valence-electron chi connectivity index (χ1n) is 5.28. The Labute approximate surface area is 94.1 Å². The van der Waals surface area contributed by atoms with Crippen molar-refractivity contribution >= 4 is 5.97 Å². The van der Waals surface area contributed by atoms with E-state index < -0.39 is 5.97 Å². The van der Waals surface area contributed by atoms with Gasteiger partial charge in [-0.15, -0.1) is 0 Å². The van der Waals surface area contributed by atoms with Crippen LogP contribution in [-0.4, -0.2) is 34.7 Å². The Kier molecular flexibility index (Phi) is 2.83. The molecule has 1 aliphatic heterocycles. The molecule has 0 saturated heterocycles. The molecule has 1 heterocycles. The summed E-state index contributed by atoms with van der Waals surface area (Å²) in [6.45, 7) is 1.52. The minimum Gasteiger partial charge on any atom is -0.508 e. The third-order valence-electron chi connectivity index (χ3n) is 2.96. The maximum Gasteiger partial charge on any atom is 0.304 e. The molecule has 86 valence electrons. The predicted molar refractivity (Wildman–Crippen MR) is 59.4 cm³/mol. The maximum atomic E-state index is 10.8. The van der Waals surface area contributed by atoms with Crippen molar-refractivity contribution in [3.05, 3.63) is 29.3 Å². The Morgan fingerprint density at radius 2 is 2.31 bits per heavy atom. The summed E-state index contributed by atoms with van der Waals surface area (Å²) in [4.78, 5) is 12.9. The molecule has 4 nitrogen and oxygen atoms in total. The van der Waals surface area contributed by atoms with Crippen molar-refractivity contribution in [2.45, 2.75) is 18.9 Å². The van der Waals surface area contributed by atoms with Gasteiger partial charge in [0, 0.05) is 19.0 Å². The highest BCUT2D eigenvalue weighted by atomic mass is 16.4. The van der Waals surface area contributed by atoms with E-state index in [0.717, 1.165) is 24.2 Å². The van der Waals surface area contributed by atoms with Crippen LogP contribution < -0.4 is 0 Å². The molecule has 2 N–H and O–H groups in total. The molecule has 0 amide bonds. The molecule has 0 aromatic heterocycles. The maximum absolute atomic E-state index is 10.8. The number of benzene rings is 1. The monoisotopic (exact) mass is 221 g/mol. The number of nitrogens with zero attached hydrogens (tertiary/aromatic N) is 1. The van der Waals surface area contributed by atoms with Gasteiger partial charge in [-0.1, -0.05) is 6.07 Å². The summed E-state index contributed by atoms with van der Waals surface area (Å²) >= 11 is 0. The van der Waals surface area contributed by atoms with E-state index in [2.05, 4.69) is 4.90 Å². The molecule has 1 atom stereocenters. The van der Waals surface area contributed by atoms with E-state index in [1.54, 1.807) is 12.1 Å². The quantitative estimate of drug-likeness (QED) is 0.792. The smallest absolute Gasteiger partial charge is 0.304 e. The van der Waals surface area contributed by atoms with Gasteiger partial charge in [0.05, 0.1) is 6.42 Å². The van der Waals surface area contributed by atoms with E-state index in [4.69, 9.17) is 5.11 Å². The van der Waals surface area contributed by atoms with Gasteiger partial charge in [-0.2, -0.15) is 0 Å². The van der Waals surface area contributed by atoms with Crippen molar-refractivity contribution in [3.8, 4) is 5.75 Å². The Bertz CT molecular complexity index is 417. The standard InChI is InChI=1S/C12H15NO3/c1-13-6-8-4-10(14)2-3-11(8)9(7-13)5-12(15)16/h2-4,9,14H,5-7H2,1H3,(H,15,16). The topological polar surface area (TPSA) is 60.8 Å². The zero-order chi connectivity index (χ0) is 11.7. The molecule has 0 bridgehead atoms. The number of rotatable bonds is 2. The summed E-state index contributed by atoms with van der Waals surface area (Å²) in [5.41, 5.74) is 2.08. The third kappa shape index (κ3) is 2.17. The van der Waals surface area contributed by atoms with Crippen LogP contribution in [0.5, 0.6) is 5.75 Å². The van der Waals surface area contributed by atoms with E-state index in [9.17, 15) is 9.90 Å². The number of aliphatic carboxylic acids is 1. The highest BCUT2D eigenvalue weighted by molar-refractivity contribution is 5.68. The zero-order valence-electron chi connectivity index (χ0n) is 9.18. The predicted octanol–water partition coefficient (Wildman–Crippen LogP) is 1.40. The van der Waals surface area contributed by atoms with E-state index in [1.165, 1.54) is 0 Å². The molecule has 1 aromatic rings. The van der Waals surface area contributed by atoms with Gasteiger partial charge in [-0.3, -0.25) is 4.79 Å². The summed E-state index contributed by atoms with van der Waals surface area (Å²) in [5.74, 6) is -0.519. The molecule has 0 aliphatic carbocycles. The van der Waals surface area contributed by atoms with Gasteiger partial charge in [-0.25, -0.2) is 0 Å². The Balaban J connectivity index is 2.34. The number of carboxylic acid groups (broad SMARTS) is 1. The van der Waals surface area contributed by atoms with Crippen molar-refractivity contribution in [3.63, 3.8) is 0 Å². The summed E-state index contributed by atoms with van der Waals surface area (Å²) in [5, 5.41) is 18.3. The third-order valence-corrected chi connectivity index (χ3v) is 2.96. The molecular formula is C12H15NO3. The highest BCUT2D eigenvalue weighted by Gasteiger charge is 2.25. The van der Waals surface area contributed by atoms with Crippen LogP contribution in [0.3, 0.4) is 0 Å². The van der Waals surface area contributed by atoms with Gasteiger partial charge < -0.3 is 15.1 Å². The fraction of sp³-hybridized carbons (Fsp3) is 0.417. The molecule has 16 heavy (non-hydrogen) atoms. The van der Waals surface area contributed by atoms with Crippen molar-refractivity contribution in [2.24, 2.45) is 0 Å². The fourth-order valence-corrected chi connectivity index (χ4v) is 2.34. The van der Waals surface area contributed by atoms with E-state index in [-0.39, 0.29) is 18.1 Å². The number of carbonyl (C=O) groups is 1. The minimum absolute atomic E-state index is 0.0202. The number of likely N-dealkylation sites (N-methyl/N-ethyl adjacent to an activating group) is 1. The number of phenols is 1. The van der Waals surface area contributed by atoms with Crippen LogP contribution >= 0.6 is 0 Å². The minimum atomic E-state index is -0.778. The zero-order valence-corrected chi connectivity index (χ0v) is 9.18. The molecule has 1 unspecified atom stereocenters. The number of hydrogen-bond acceptors (Lipinski definition) is 3. The Hall–Kier alpha value is -1.55. The molecule has 1 aliphatic rings. The van der Waals surface area contributed by atoms with Crippen molar-refractivity contribution < 1.29 is 15.0 Å². The van der Waals surface area contributed by atoms with Crippen LogP contribution in [0.2, 0.25) is 0 Å². The van der Waals surface area contributed by atoms with Crippen LogP contribution in [0, 0.1) is 0 Å². The van der Waals surface area contributed by atoms with Gasteiger partial charge in [0.15, 0.2) is 0 Å². The van der Waals surface area contributed by atoms with Crippen molar-refractivity contribution in [2.75, 3.05) is 13.6 Å². The Morgan fingerprint density at radius 1 is 1.56 bits per heavy atom. The van der Waals surface area contributed by atoms with Gasteiger partial charge >= 0.3 is 5.97 Å². The normalized spacial score (nSPS) is 20.4. The number of fused-ring (bicyclic) bond motifs is 1. The van der Waals surface area contributed by atoms with Gasteiger partial charge in [0.25, 0.3) is 0 Å². The molecule has 4 heteroatoms. The number of aromatic hydroxyl groups is 1. The lowest BCUT2D eigenvalue weighted by Gasteiger charge is -2.31. The number of hydrogen-bond donors (Lipinski definition) is 2. The molecule has 0 saturated carbocycles. The van der Waals surface area contributed by atoms with Gasteiger partial charge in [0.1, 0.15) is 5.75 Å². The lowest BCUT2D eigenvalue weighted by molar-refractivity contribution is -0.137. The highest BCUT2D eigenvalue weighted by Crippen LogP contribution is 2.31. The average molecular weight is 221 g/mol. The van der Waals surface area contributed by atoms with E-state index in [0.29, 0.717) is 0 Å². The molecule has 0 radical (unpaired) electrons. The number of phenolic OH excluding ortho intramolecular Hbond substituents is 1. The van der Waals surface area contributed by atoms with E-state index >= 15 is 0 Å². The molecule has 1 aromatic carbocycles. The fourth-order valence-electron chi connectivity index (χ4n) is 2.34. The van der Waals surface area contributed by atoms with E-state index in [1.807, 2.05) is 13.1 Å². The van der Waals surface area contributed by atoms with Crippen LogP contribution in [-0.2, 0) is 11.3 Å². The second-order valence-corrected chi connectivity index (χ2v) is 4.37. The largest absolute Gasteiger partial charge is 0.508 e. The van der Waals surface area contributed by atoms with Crippen molar-refractivity contribution in [1.82, 2.24) is 4.90 Å². The van der Waals surface area contributed by atoms with Crippen LogP contribution in [0.4, 0.5) is 0 Å². The lowest BCUT2D eigenvalue weighted by atomic mass is 9.87. The second kappa shape index (κ2) is 4.14. The molecule has 0 spiro atoms. The summed E-state index contributed by atoms with van der Waals surface area (Å²) in [7, 11) is 1.96. The second-order valence-electron chi connectivity index (χ2n) is 4.37. The van der Waals surface area contributed by atoms with Crippen LogP contribution in [0.15, 0.2) is 18.2 Å². The molecular weight excluding hydrogens is 206 g/mol. The lowest BCUT2D eigenvalue weighted by Crippen LogP contribution is -2.31. The van der Waals surface area contributed by atoms with Gasteiger partial charge in [-0.05, 0) is 30.3 Å². The molecule has 2 rings (SSSR count). The van der Waals surface area contributed by atoms with Crippen molar-refractivity contribution in [1.29, 1.82) is 0 Å². The summed E-state index contributed by atoms with van der Waals surface area (Å²) in [6, 6.07) is 5.18. The average Bonchev–Trinajstić information content (AvgIpc) is 2.15. The van der Waals surface area contributed by atoms with Crippen LogP contribution in [0.25, 0.3) is 0 Å². The summed E-state index contributed by atoms with van der Waals surface area (Å²) in [6.07, 6.45) is 0.141. The Morgan fingerprint density at radius 3 is 3.00 bits per heavy atom. The SMILES string of the molecule is CN1Cc2cc(O)ccc2C(CC(=O)O)C1. The number of carboxylic acids is 1. The van der Waals surface area contributed by atoms with Gasteiger partial charge in [0.2, 0.25) is 0 Å². The first-order chi connectivity index (χ1) is 7.56. The molecule has 0 fully saturated rings.